The summed E-state index contributed by atoms with van der Waals surface area (Å²) < 4.78 is 49.3. The van der Waals surface area contributed by atoms with Crippen LogP contribution in [0.3, 0.4) is 0 Å². The molecule has 1 saturated carbocycles. The highest BCUT2D eigenvalue weighted by Gasteiger charge is 2.54. The Morgan fingerprint density at radius 2 is 1.09 bits per heavy atom. The monoisotopic (exact) mass is 1000 g/mol. The smallest absolute Gasteiger partial charge is 0.462 e. The zero-order valence-electron chi connectivity index (χ0n) is 39.9. The molecule has 0 aliphatic heterocycles. The lowest BCUT2D eigenvalue weighted by Gasteiger charge is -2.43. The molecule has 19 heteroatoms. The van der Waals surface area contributed by atoms with Gasteiger partial charge in [0.25, 0.3) is 0 Å². The van der Waals surface area contributed by atoms with E-state index in [1.165, 1.54) is 0 Å². The molecule has 0 heterocycles. The number of phosphoric acid groups is 2. The third-order valence-electron chi connectivity index (χ3n) is 10.2. The van der Waals surface area contributed by atoms with Crippen LogP contribution in [0.25, 0.3) is 0 Å². The number of hydrogen-bond acceptors (Lipinski definition) is 14. The number of carbonyl (C=O) groups excluding carboxylic acids is 2. The van der Waals surface area contributed by atoms with Crippen molar-refractivity contribution in [1.29, 1.82) is 0 Å². The Morgan fingerprint density at radius 1 is 0.559 bits per heavy atom. The predicted molar refractivity (Wildman–Crippen MR) is 261 cm³/mol. The molecule has 0 radical (unpaired) electrons. The van der Waals surface area contributed by atoms with Crippen LogP contribution in [0.1, 0.15) is 136 Å². The number of esters is 2. The van der Waals surface area contributed by atoms with E-state index in [0.29, 0.717) is 25.7 Å². The first-order valence-electron chi connectivity index (χ1n) is 23.9. The van der Waals surface area contributed by atoms with Crippen molar-refractivity contribution in [3.05, 3.63) is 97.2 Å². The van der Waals surface area contributed by atoms with Gasteiger partial charge in [-0.15, -0.1) is 0 Å². The normalized spacial score (nSPS) is 22.6. The summed E-state index contributed by atoms with van der Waals surface area (Å²) in [7, 11) is -10.7. The summed E-state index contributed by atoms with van der Waals surface area (Å²) in [5.74, 6) is -1.34. The molecule has 0 bridgehead atoms. The zero-order valence-corrected chi connectivity index (χ0v) is 41.6. The van der Waals surface area contributed by atoms with E-state index in [2.05, 4.69) is 67.0 Å². The van der Waals surface area contributed by atoms with Crippen LogP contribution in [-0.4, -0.2) is 114 Å². The first kappa shape index (κ1) is 62.9. The molecule has 0 spiro atoms. The van der Waals surface area contributed by atoms with Crippen LogP contribution in [0, 0.1) is 0 Å². The van der Waals surface area contributed by atoms with Crippen LogP contribution in [0.4, 0.5) is 0 Å². The summed E-state index contributed by atoms with van der Waals surface area (Å²) in [5, 5.41) is 51.2. The van der Waals surface area contributed by atoms with Crippen molar-refractivity contribution in [3.63, 3.8) is 0 Å². The van der Waals surface area contributed by atoms with Crippen molar-refractivity contribution < 1.29 is 82.0 Å². The van der Waals surface area contributed by atoms with Gasteiger partial charge in [0.15, 0.2) is 6.10 Å². The van der Waals surface area contributed by atoms with Gasteiger partial charge < -0.3 is 49.7 Å². The Morgan fingerprint density at radius 3 is 1.68 bits per heavy atom. The van der Waals surface area contributed by atoms with Crippen molar-refractivity contribution in [3.8, 4) is 0 Å². The van der Waals surface area contributed by atoms with Crippen LogP contribution in [0.2, 0.25) is 0 Å². The maximum Gasteiger partial charge on any atom is 0.472 e. The van der Waals surface area contributed by atoms with Crippen LogP contribution in [0.5, 0.6) is 0 Å². The molecule has 17 nitrogen and oxygen atoms in total. The molecule has 5 unspecified atom stereocenters. The molecule has 68 heavy (non-hydrogen) atoms. The highest BCUT2D eigenvalue weighted by molar-refractivity contribution is 7.47. The molecule has 1 aliphatic carbocycles. The topological polar surface area (TPSA) is 276 Å². The molecule has 1 fully saturated rings. The SMILES string of the molecule is CC/C=C\C/C=C\C/C=C\C/C=C\CCCCCCC(=O)OC[C@H](COP(=O)(O)O[C@H]1C(O)C(O)C(O)[C@@H](OP(=O)(O)O)C1O)OC(=O)CCC/C=C\C/C=C\C/C=C\C=C\[C@@H](O)CCCCC. The molecule has 0 aromatic carbocycles. The Bertz CT molecular complexity index is 1700. The Hall–Kier alpha value is -3.12. The molecule has 8 N–H and O–H groups in total. The van der Waals surface area contributed by atoms with Crippen molar-refractivity contribution in [1.82, 2.24) is 0 Å². The van der Waals surface area contributed by atoms with E-state index in [0.717, 1.165) is 83.5 Å². The molecule has 0 saturated heterocycles. The van der Waals surface area contributed by atoms with E-state index in [4.69, 9.17) is 18.5 Å². The number of aliphatic hydroxyl groups excluding tert-OH is 5. The zero-order chi connectivity index (χ0) is 50.5. The second-order valence-corrected chi connectivity index (χ2v) is 18.9. The third kappa shape index (κ3) is 32.6. The number of rotatable bonds is 38. The van der Waals surface area contributed by atoms with Crippen LogP contribution < -0.4 is 0 Å². The molecule has 0 aromatic rings. The van der Waals surface area contributed by atoms with Gasteiger partial charge >= 0.3 is 27.6 Å². The third-order valence-corrected chi connectivity index (χ3v) is 11.7. The molecule has 1 rings (SSSR count). The lowest BCUT2D eigenvalue weighted by Crippen LogP contribution is -2.64. The second kappa shape index (κ2) is 38.6. The summed E-state index contributed by atoms with van der Waals surface area (Å²) in [6.45, 7) is 2.79. The molecular weight excluding hydrogens is 922 g/mol. The van der Waals surface area contributed by atoms with Crippen LogP contribution in [-0.2, 0) is 41.8 Å². The maximum absolute atomic E-state index is 13.0. The van der Waals surface area contributed by atoms with Crippen LogP contribution >= 0.6 is 15.6 Å². The number of phosphoric ester groups is 2. The van der Waals surface area contributed by atoms with Crippen LogP contribution in [0.15, 0.2) is 97.2 Å². The predicted octanol–water partition coefficient (Wildman–Crippen LogP) is 8.14. The van der Waals surface area contributed by atoms with Gasteiger partial charge in [-0.05, 0) is 77.0 Å². The van der Waals surface area contributed by atoms with Gasteiger partial charge in [0, 0.05) is 12.8 Å². The molecule has 9 atom stereocenters. The van der Waals surface area contributed by atoms with E-state index in [1.807, 2.05) is 42.5 Å². The molecule has 388 valence electrons. The minimum absolute atomic E-state index is 0.0634. The average Bonchev–Trinajstić information content (AvgIpc) is 3.29. The number of allylic oxidation sites excluding steroid dienone is 15. The Balaban J connectivity index is 2.67. The van der Waals surface area contributed by atoms with E-state index >= 15 is 0 Å². The summed E-state index contributed by atoms with van der Waals surface area (Å²) in [6.07, 6.45) is 31.2. The summed E-state index contributed by atoms with van der Waals surface area (Å²) in [5.41, 5.74) is 0. The van der Waals surface area contributed by atoms with Gasteiger partial charge in [-0.25, -0.2) is 9.13 Å². The Kier molecular flexibility index (Phi) is 35.7. The van der Waals surface area contributed by atoms with Crippen molar-refractivity contribution in [2.45, 2.75) is 185 Å². The summed E-state index contributed by atoms with van der Waals surface area (Å²) in [4.78, 5) is 54.3. The molecule has 0 amide bonds. The van der Waals surface area contributed by atoms with E-state index < -0.39 is 89.6 Å². The minimum atomic E-state index is -5.38. The maximum atomic E-state index is 13.0. The molecule has 0 aromatic heterocycles. The lowest BCUT2D eigenvalue weighted by molar-refractivity contribution is -0.216. The van der Waals surface area contributed by atoms with Crippen molar-refractivity contribution in [2.24, 2.45) is 0 Å². The first-order chi connectivity index (χ1) is 32.5. The lowest BCUT2D eigenvalue weighted by atomic mass is 9.85. The van der Waals surface area contributed by atoms with E-state index in [9.17, 15) is 58.9 Å². The highest BCUT2D eigenvalue weighted by atomic mass is 31.2. The highest BCUT2D eigenvalue weighted by Crippen LogP contribution is 2.49. The number of ether oxygens (including phenoxy) is 2. The first-order valence-corrected chi connectivity index (χ1v) is 26.9. The fraction of sp³-hybridized carbons (Fsp3) is 0.633. The largest absolute Gasteiger partial charge is 0.472 e. The number of aliphatic hydroxyl groups is 5. The van der Waals surface area contributed by atoms with Gasteiger partial charge in [-0.2, -0.15) is 0 Å². The number of hydrogen-bond donors (Lipinski definition) is 8. The van der Waals surface area contributed by atoms with E-state index in [-0.39, 0.29) is 12.8 Å². The minimum Gasteiger partial charge on any atom is -0.462 e. The summed E-state index contributed by atoms with van der Waals surface area (Å²) >= 11 is 0. The fourth-order valence-corrected chi connectivity index (χ4v) is 8.07. The van der Waals surface area contributed by atoms with Gasteiger partial charge in [-0.3, -0.25) is 23.2 Å². The average molecular weight is 1000 g/mol. The number of unbranched alkanes of at least 4 members (excludes halogenated alkanes) is 7. The van der Waals surface area contributed by atoms with E-state index in [1.54, 1.807) is 6.08 Å². The molecular formula is C49H80O17P2. The second-order valence-electron chi connectivity index (χ2n) is 16.3. The van der Waals surface area contributed by atoms with Crippen molar-refractivity contribution >= 4 is 27.6 Å². The van der Waals surface area contributed by atoms with Gasteiger partial charge in [0.05, 0.1) is 12.7 Å². The number of carbonyl (C=O) groups is 2. The van der Waals surface area contributed by atoms with Gasteiger partial charge in [0.2, 0.25) is 0 Å². The quantitative estimate of drug-likeness (QED) is 0.00953. The van der Waals surface area contributed by atoms with Crippen molar-refractivity contribution in [2.75, 3.05) is 13.2 Å². The Labute approximate surface area is 403 Å². The van der Waals surface area contributed by atoms with Gasteiger partial charge in [-0.1, -0.05) is 143 Å². The fourth-order valence-electron chi connectivity index (χ4n) is 6.53. The van der Waals surface area contributed by atoms with Gasteiger partial charge in [0.1, 0.15) is 43.2 Å². The standard InChI is InChI=1S/C49H80O17P2/c1-3-5-7-8-9-10-11-12-13-14-15-16-19-22-25-28-32-36-42(51)62-38-41(39-63-68(60,61)66-49-46(55)44(53)45(54)48(47(49)56)65-67(57,58)59)64-43(52)37-33-29-26-23-20-17-18-21-24-27-31-35-40(50)34-30-6-4-2/h5,7,9-10,12-13,15-18,23-24,26-27,31,35,40-41,44-50,53-56H,3-4,6,8,11,14,19-22,25,28-30,32-34,36-39H2,1-2H3,(H,60,61)(H2,57,58,59)/b7-5-,10-9-,13-12-,16-15-,18-17-,26-23-,27-24-,35-31+/t40-,41+,44?,45?,46?,47?,48+,49-/m0/s1. The summed E-state index contributed by atoms with van der Waals surface area (Å²) in [6, 6.07) is 0. The molecule has 1 aliphatic rings.